The zero-order chi connectivity index (χ0) is 21.8. The van der Waals surface area contributed by atoms with Crippen LogP contribution in [0.2, 0.25) is 0 Å². The summed E-state index contributed by atoms with van der Waals surface area (Å²) in [5.74, 6) is -0.424. The van der Waals surface area contributed by atoms with E-state index >= 15 is 0 Å². The normalized spacial score (nSPS) is 16.8. The molecule has 1 aliphatic heterocycles. The van der Waals surface area contributed by atoms with Crippen molar-refractivity contribution in [3.05, 3.63) is 17.7 Å². The lowest BCUT2D eigenvalue weighted by molar-refractivity contribution is 0.216. The van der Waals surface area contributed by atoms with Gasteiger partial charge in [-0.15, -0.1) is 5.10 Å². The first-order valence-electron chi connectivity index (χ1n) is 8.69. The van der Waals surface area contributed by atoms with Crippen molar-refractivity contribution in [3.63, 3.8) is 0 Å². The summed E-state index contributed by atoms with van der Waals surface area (Å²) in [4.78, 5) is 2.83. The van der Waals surface area contributed by atoms with Gasteiger partial charge in [0.05, 0.1) is 10.5 Å². The molecular weight excluding hydrogens is 422 g/mol. The fourth-order valence-electron chi connectivity index (χ4n) is 3.25. The Morgan fingerprint density at radius 2 is 1.83 bits per heavy atom. The van der Waals surface area contributed by atoms with Crippen LogP contribution in [0.5, 0.6) is 0 Å². The molecule has 162 valence electrons. The van der Waals surface area contributed by atoms with Crippen molar-refractivity contribution < 1.29 is 21.9 Å². The van der Waals surface area contributed by atoms with E-state index in [9.17, 15) is 16.8 Å². The second-order valence-electron chi connectivity index (χ2n) is 6.60. The molecule has 6 N–H and O–H groups in total. The highest BCUT2D eigenvalue weighted by molar-refractivity contribution is 7.93. The third-order valence-corrected chi connectivity index (χ3v) is 6.80. The van der Waals surface area contributed by atoms with Crippen LogP contribution < -0.4 is 15.8 Å². The topological polar surface area (TPSA) is 196 Å². The first-order chi connectivity index (χ1) is 13.5. The van der Waals surface area contributed by atoms with Crippen molar-refractivity contribution >= 4 is 31.4 Å². The van der Waals surface area contributed by atoms with E-state index in [0.29, 0.717) is 38.3 Å². The van der Waals surface area contributed by atoms with E-state index < -0.39 is 35.5 Å². The Morgan fingerprint density at radius 3 is 2.31 bits per heavy atom. The van der Waals surface area contributed by atoms with Gasteiger partial charge in [-0.05, 0) is 18.6 Å². The minimum Gasteiger partial charge on any atom is -0.396 e. The number of anilines is 1. The number of sulfone groups is 1. The number of nitrogens with zero attached hydrogens (tertiary/aromatic N) is 4. The fourth-order valence-corrected chi connectivity index (χ4v) is 5.65. The summed E-state index contributed by atoms with van der Waals surface area (Å²) in [5, 5.41) is 20.5. The van der Waals surface area contributed by atoms with Gasteiger partial charge in [0.1, 0.15) is 4.90 Å². The number of rotatable bonds is 8. The third kappa shape index (κ3) is 5.48. The molecule has 12 nitrogen and oxygen atoms in total. The Kier molecular flexibility index (Phi) is 7.29. The van der Waals surface area contributed by atoms with Crippen LogP contribution in [-0.2, 0) is 19.9 Å². The monoisotopic (exact) mass is 447 g/mol. The second-order valence-corrected chi connectivity index (χ2v) is 10.1. The third-order valence-electron chi connectivity index (χ3n) is 4.54. The number of amidine groups is 1. The summed E-state index contributed by atoms with van der Waals surface area (Å²) in [6.07, 6.45) is 1.51. The Bertz CT molecular complexity index is 1000. The number of aliphatic hydroxyl groups excluding tert-OH is 1. The first kappa shape index (κ1) is 23.2. The highest BCUT2D eigenvalue weighted by atomic mass is 32.2. The average molecular weight is 448 g/mol. The van der Waals surface area contributed by atoms with Gasteiger partial charge >= 0.3 is 0 Å². The molecule has 0 amide bonds. The number of aliphatic hydroxyl groups is 1. The molecule has 1 aromatic rings. The molecule has 0 spiro atoms. The molecule has 0 radical (unpaired) electrons. The molecule has 1 fully saturated rings. The maximum atomic E-state index is 12.3. The number of piperazine rings is 1. The Morgan fingerprint density at radius 1 is 1.21 bits per heavy atom. The predicted molar refractivity (Wildman–Crippen MR) is 107 cm³/mol. The van der Waals surface area contributed by atoms with Gasteiger partial charge in [0.2, 0.25) is 10.0 Å². The van der Waals surface area contributed by atoms with Gasteiger partial charge in [-0.2, -0.15) is 5.53 Å². The van der Waals surface area contributed by atoms with Gasteiger partial charge in [-0.25, -0.2) is 22.0 Å². The van der Waals surface area contributed by atoms with Crippen molar-refractivity contribution in [1.82, 2.24) is 4.90 Å². The van der Waals surface area contributed by atoms with Crippen LogP contribution >= 0.6 is 0 Å². The summed E-state index contributed by atoms with van der Waals surface area (Å²) >= 11 is 0. The van der Waals surface area contributed by atoms with Crippen LogP contribution in [0.25, 0.3) is 0 Å². The summed E-state index contributed by atoms with van der Waals surface area (Å²) in [5.41, 5.74) is 12.9. The SMILES string of the molecule is CS(=O)(=O)c1ccc(N2CCN(CCCO)CC2)c(/C(N)=N/N=N)c1S(N)(=O)=O. The molecule has 0 aliphatic carbocycles. The highest BCUT2D eigenvalue weighted by Crippen LogP contribution is 2.33. The Balaban J connectivity index is 2.62. The molecule has 1 aromatic carbocycles. The molecule has 0 atom stereocenters. The second kappa shape index (κ2) is 9.13. The molecule has 29 heavy (non-hydrogen) atoms. The van der Waals surface area contributed by atoms with Crippen molar-refractivity contribution in [2.45, 2.75) is 16.2 Å². The van der Waals surface area contributed by atoms with Crippen LogP contribution in [0.1, 0.15) is 12.0 Å². The van der Waals surface area contributed by atoms with Gasteiger partial charge in [0.25, 0.3) is 0 Å². The Hall–Kier alpha value is -2.13. The number of primary sulfonamides is 1. The molecule has 0 bridgehead atoms. The number of benzene rings is 1. The van der Waals surface area contributed by atoms with Crippen molar-refractivity contribution in [1.29, 1.82) is 5.53 Å². The zero-order valence-electron chi connectivity index (χ0n) is 15.9. The van der Waals surface area contributed by atoms with E-state index in [0.717, 1.165) is 12.8 Å². The van der Waals surface area contributed by atoms with Gasteiger partial charge < -0.3 is 15.7 Å². The average Bonchev–Trinajstić information content (AvgIpc) is 2.64. The number of nitrogens with one attached hydrogen (secondary N) is 1. The van der Waals surface area contributed by atoms with Crippen molar-refractivity contribution in [3.8, 4) is 0 Å². The first-order valence-corrected chi connectivity index (χ1v) is 12.1. The van der Waals surface area contributed by atoms with Gasteiger partial charge in [-0.3, -0.25) is 4.90 Å². The minimum atomic E-state index is -4.50. The summed E-state index contributed by atoms with van der Waals surface area (Å²) in [6.45, 7) is 3.14. The molecule has 0 saturated carbocycles. The molecule has 0 aromatic heterocycles. The number of nitrogens with two attached hydrogens (primary N) is 2. The lowest BCUT2D eigenvalue weighted by Gasteiger charge is -2.37. The predicted octanol–water partition coefficient (Wildman–Crippen LogP) is -1.11. The summed E-state index contributed by atoms with van der Waals surface area (Å²) < 4.78 is 48.9. The molecule has 1 heterocycles. The summed E-state index contributed by atoms with van der Waals surface area (Å²) in [6, 6.07) is 2.63. The van der Waals surface area contributed by atoms with Crippen LogP contribution in [0.15, 0.2) is 32.2 Å². The summed E-state index contributed by atoms with van der Waals surface area (Å²) in [7, 11) is -8.45. The molecule has 14 heteroatoms. The quantitative estimate of drug-likeness (QED) is 0.166. The van der Waals surface area contributed by atoms with E-state index in [-0.39, 0.29) is 12.2 Å². The van der Waals surface area contributed by atoms with E-state index in [2.05, 4.69) is 15.2 Å². The Labute approximate surface area is 169 Å². The molecule has 0 unspecified atom stereocenters. The molecule has 1 saturated heterocycles. The smallest absolute Gasteiger partial charge is 0.240 e. The number of hydrogen-bond acceptors (Lipinski definition) is 9. The van der Waals surface area contributed by atoms with E-state index in [1.807, 2.05) is 4.90 Å². The molecular formula is C15H25N7O5S2. The van der Waals surface area contributed by atoms with Crippen molar-refractivity contribution in [2.24, 2.45) is 21.2 Å². The highest BCUT2D eigenvalue weighted by Gasteiger charge is 2.31. The largest absolute Gasteiger partial charge is 0.396 e. The van der Waals surface area contributed by atoms with Crippen LogP contribution in [0.3, 0.4) is 0 Å². The van der Waals surface area contributed by atoms with Crippen LogP contribution in [0.4, 0.5) is 5.69 Å². The molecule has 1 aliphatic rings. The molecule has 2 rings (SSSR count). The van der Waals surface area contributed by atoms with E-state index in [1.54, 1.807) is 0 Å². The maximum absolute atomic E-state index is 12.3. The lowest BCUT2D eigenvalue weighted by atomic mass is 10.1. The number of hydrogen-bond donors (Lipinski definition) is 4. The van der Waals surface area contributed by atoms with Crippen molar-refractivity contribution in [2.75, 3.05) is 50.5 Å². The number of sulfonamides is 1. The van der Waals surface area contributed by atoms with E-state index in [1.165, 1.54) is 12.1 Å². The maximum Gasteiger partial charge on any atom is 0.240 e. The lowest BCUT2D eigenvalue weighted by Crippen LogP contribution is -2.47. The van der Waals surface area contributed by atoms with Gasteiger partial charge in [-0.1, -0.05) is 5.22 Å². The minimum absolute atomic E-state index is 0.0959. The fraction of sp³-hybridized carbons (Fsp3) is 0.533. The van der Waals surface area contributed by atoms with E-state index in [4.69, 9.17) is 21.5 Å². The van der Waals surface area contributed by atoms with Crippen LogP contribution in [-0.4, -0.2) is 78.3 Å². The van der Waals surface area contributed by atoms with Gasteiger partial charge in [0.15, 0.2) is 15.7 Å². The van der Waals surface area contributed by atoms with Crippen LogP contribution in [0, 0.1) is 5.53 Å². The zero-order valence-corrected chi connectivity index (χ0v) is 17.6. The van der Waals surface area contributed by atoms with Gasteiger partial charge in [0, 0.05) is 51.3 Å². The standard InChI is InChI=1S/C15H25N7O5S2/c1-28(24,25)12-4-3-11(22-8-6-21(7-9-22)5-2-10-23)13(15(16)19-20-17)14(12)29(18,26)27/h3-4,23H,2,5-10H2,1H3,(H3,16,17,19)(H2,18,26,27).